The standard InChI is InChI=1S/C23H30N2O3S2/c1-5-16-25(30(27,28)21-9-7-6-8-10-21)18-19-11-13-20(14-12-19)22(26)24-15-17-29-23(2,3)4/h5-14H,1,15-18H2,2-4H3,(H,24,26). The van der Waals surface area contributed by atoms with Crippen LogP contribution in [0.3, 0.4) is 0 Å². The van der Waals surface area contributed by atoms with Gasteiger partial charge >= 0.3 is 0 Å². The summed E-state index contributed by atoms with van der Waals surface area (Å²) < 4.78 is 27.4. The van der Waals surface area contributed by atoms with E-state index in [9.17, 15) is 13.2 Å². The number of carbonyl (C=O) groups excluding carboxylic acids is 1. The van der Waals surface area contributed by atoms with E-state index in [0.29, 0.717) is 12.1 Å². The Kier molecular flexibility index (Phi) is 8.70. The van der Waals surface area contributed by atoms with Crippen LogP contribution in [0.2, 0.25) is 0 Å². The Morgan fingerprint density at radius 1 is 1.10 bits per heavy atom. The van der Waals surface area contributed by atoms with E-state index < -0.39 is 10.0 Å². The molecule has 0 aliphatic rings. The van der Waals surface area contributed by atoms with Crippen LogP contribution in [0.15, 0.2) is 72.1 Å². The van der Waals surface area contributed by atoms with E-state index in [1.807, 2.05) is 0 Å². The van der Waals surface area contributed by atoms with Gasteiger partial charge in [0, 0.05) is 35.7 Å². The van der Waals surface area contributed by atoms with Gasteiger partial charge in [0.1, 0.15) is 0 Å². The largest absolute Gasteiger partial charge is 0.351 e. The van der Waals surface area contributed by atoms with E-state index in [-0.39, 0.29) is 28.6 Å². The van der Waals surface area contributed by atoms with Crippen LogP contribution in [0.5, 0.6) is 0 Å². The van der Waals surface area contributed by atoms with Crippen LogP contribution >= 0.6 is 11.8 Å². The van der Waals surface area contributed by atoms with Crippen molar-refractivity contribution in [1.29, 1.82) is 0 Å². The summed E-state index contributed by atoms with van der Waals surface area (Å²) in [4.78, 5) is 12.6. The van der Waals surface area contributed by atoms with Crippen molar-refractivity contribution in [1.82, 2.24) is 9.62 Å². The highest BCUT2D eigenvalue weighted by Crippen LogP contribution is 2.22. The molecule has 2 aromatic carbocycles. The van der Waals surface area contributed by atoms with E-state index in [1.165, 1.54) is 4.31 Å². The number of nitrogens with zero attached hydrogens (tertiary/aromatic N) is 1. The molecule has 0 saturated carbocycles. The van der Waals surface area contributed by atoms with Gasteiger partial charge in [0.05, 0.1) is 4.90 Å². The summed E-state index contributed by atoms with van der Waals surface area (Å²) in [6, 6.07) is 15.4. The Balaban J connectivity index is 2.02. The maximum absolute atomic E-state index is 12.9. The van der Waals surface area contributed by atoms with Gasteiger partial charge in [-0.2, -0.15) is 16.1 Å². The van der Waals surface area contributed by atoms with Crippen molar-refractivity contribution in [3.05, 3.63) is 78.4 Å². The number of sulfonamides is 1. The highest BCUT2D eigenvalue weighted by molar-refractivity contribution is 8.00. The first kappa shape index (κ1) is 24.2. The van der Waals surface area contributed by atoms with E-state index in [0.717, 1.165) is 11.3 Å². The van der Waals surface area contributed by atoms with Crippen LogP contribution in [0.1, 0.15) is 36.7 Å². The fraction of sp³-hybridized carbons (Fsp3) is 0.348. The number of nitrogens with one attached hydrogen (secondary N) is 1. The lowest BCUT2D eigenvalue weighted by atomic mass is 10.1. The minimum absolute atomic E-state index is 0.129. The summed E-state index contributed by atoms with van der Waals surface area (Å²) in [7, 11) is -3.63. The summed E-state index contributed by atoms with van der Waals surface area (Å²) in [5.41, 5.74) is 1.36. The maximum Gasteiger partial charge on any atom is 0.251 e. The zero-order chi connectivity index (χ0) is 22.2. The van der Waals surface area contributed by atoms with Crippen LogP contribution in [-0.4, -0.2) is 42.2 Å². The van der Waals surface area contributed by atoms with E-state index >= 15 is 0 Å². The highest BCUT2D eigenvalue weighted by Gasteiger charge is 2.23. The van der Waals surface area contributed by atoms with Gasteiger partial charge in [-0.15, -0.1) is 6.58 Å². The fourth-order valence-corrected chi connectivity index (χ4v) is 4.96. The average Bonchev–Trinajstić information content (AvgIpc) is 2.71. The molecular formula is C23H30N2O3S2. The number of benzene rings is 2. The summed E-state index contributed by atoms with van der Waals surface area (Å²) in [5, 5.41) is 2.92. The van der Waals surface area contributed by atoms with Crippen molar-refractivity contribution < 1.29 is 13.2 Å². The molecule has 0 heterocycles. The van der Waals surface area contributed by atoms with Crippen LogP contribution in [0.25, 0.3) is 0 Å². The third-order valence-electron chi connectivity index (χ3n) is 4.21. The van der Waals surface area contributed by atoms with E-state index in [4.69, 9.17) is 0 Å². The molecule has 162 valence electrons. The molecule has 0 atom stereocenters. The van der Waals surface area contributed by atoms with Gasteiger partial charge in [0.15, 0.2) is 0 Å². The fourth-order valence-electron chi connectivity index (χ4n) is 2.72. The molecule has 0 unspecified atom stereocenters. The molecule has 0 spiro atoms. The second-order valence-corrected chi connectivity index (χ2v) is 11.7. The predicted molar refractivity (Wildman–Crippen MR) is 125 cm³/mol. The zero-order valence-corrected chi connectivity index (χ0v) is 19.4. The lowest BCUT2D eigenvalue weighted by Crippen LogP contribution is -2.31. The van der Waals surface area contributed by atoms with Crippen molar-refractivity contribution in [3.63, 3.8) is 0 Å². The maximum atomic E-state index is 12.9. The van der Waals surface area contributed by atoms with Crippen LogP contribution in [0.4, 0.5) is 0 Å². The Labute approximate surface area is 184 Å². The van der Waals surface area contributed by atoms with E-state index in [1.54, 1.807) is 72.4 Å². The SMILES string of the molecule is C=CCN(Cc1ccc(C(=O)NCCSC(C)(C)C)cc1)S(=O)(=O)c1ccccc1. The summed E-state index contributed by atoms with van der Waals surface area (Å²) in [5.74, 6) is 0.720. The quantitative estimate of drug-likeness (QED) is 0.436. The van der Waals surface area contributed by atoms with Gasteiger partial charge in [-0.1, -0.05) is 57.2 Å². The summed E-state index contributed by atoms with van der Waals surface area (Å²) in [6.45, 7) is 11.1. The molecule has 0 radical (unpaired) electrons. The molecule has 0 fully saturated rings. The first-order valence-corrected chi connectivity index (χ1v) is 12.2. The topological polar surface area (TPSA) is 66.5 Å². The molecule has 0 saturated heterocycles. The lowest BCUT2D eigenvalue weighted by Gasteiger charge is -2.21. The average molecular weight is 447 g/mol. The Morgan fingerprint density at radius 2 is 1.73 bits per heavy atom. The van der Waals surface area contributed by atoms with Crippen molar-refractivity contribution in [2.45, 2.75) is 37.0 Å². The van der Waals surface area contributed by atoms with E-state index in [2.05, 4.69) is 32.7 Å². The molecule has 7 heteroatoms. The third-order valence-corrected chi connectivity index (χ3v) is 7.31. The highest BCUT2D eigenvalue weighted by atomic mass is 32.2. The van der Waals surface area contributed by atoms with Crippen molar-refractivity contribution >= 4 is 27.7 Å². The van der Waals surface area contributed by atoms with Crippen molar-refractivity contribution in [2.75, 3.05) is 18.8 Å². The van der Waals surface area contributed by atoms with Gasteiger partial charge in [0.25, 0.3) is 5.91 Å². The summed E-state index contributed by atoms with van der Waals surface area (Å²) >= 11 is 1.80. The van der Waals surface area contributed by atoms with Crippen molar-refractivity contribution in [3.8, 4) is 0 Å². The number of amides is 1. The molecule has 0 aliphatic heterocycles. The predicted octanol–water partition coefficient (Wildman–Crippen LogP) is 4.33. The van der Waals surface area contributed by atoms with Gasteiger partial charge in [-0.25, -0.2) is 8.42 Å². The first-order valence-electron chi connectivity index (χ1n) is 9.81. The Morgan fingerprint density at radius 3 is 2.30 bits per heavy atom. The summed E-state index contributed by atoms with van der Waals surface area (Å²) in [6.07, 6.45) is 1.57. The normalized spacial score (nSPS) is 12.0. The zero-order valence-electron chi connectivity index (χ0n) is 17.8. The molecule has 0 aliphatic carbocycles. The number of hydrogen-bond donors (Lipinski definition) is 1. The second kappa shape index (κ2) is 10.8. The number of carbonyl (C=O) groups is 1. The number of thioether (sulfide) groups is 1. The molecule has 2 rings (SSSR count). The number of rotatable bonds is 10. The molecule has 1 N–H and O–H groups in total. The minimum atomic E-state index is -3.63. The van der Waals surface area contributed by atoms with Gasteiger partial charge in [0.2, 0.25) is 10.0 Å². The first-order chi connectivity index (χ1) is 14.1. The molecule has 0 bridgehead atoms. The number of hydrogen-bond acceptors (Lipinski definition) is 4. The van der Waals surface area contributed by atoms with Crippen molar-refractivity contribution in [2.24, 2.45) is 0 Å². The molecule has 30 heavy (non-hydrogen) atoms. The molecule has 5 nitrogen and oxygen atoms in total. The van der Waals surface area contributed by atoms with Crippen LogP contribution in [-0.2, 0) is 16.6 Å². The Hall–Kier alpha value is -2.09. The van der Waals surface area contributed by atoms with Crippen LogP contribution in [0, 0.1) is 0 Å². The van der Waals surface area contributed by atoms with Gasteiger partial charge in [-0.05, 0) is 29.8 Å². The molecule has 2 aromatic rings. The van der Waals surface area contributed by atoms with Gasteiger partial charge < -0.3 is 5.32 Å². The lowest BCUT2D eigenvalue weighted by molar-refractivity contribution is 0.0956. The smallest absolute Gasteiger partial charge is 0.251 e. The Bertz CT molecular complexity index is 935. The third kappa shape index (κ3) is 7.31. The van der Waals surface area contributed by atoms with Crippen LogP contribution < -0.4 is 5.32 Å². The molecule has 1 amide bonds. The monoisotopic (exact) mass is 446 g/mol. The second-order valence-electron chi connectivity index (χ2n) is 7.81. The van der Waals surface area contributed by atoms with Gasteiger partial charge in [-0.3, -0.25) is 4.79 Å². The molecular weight excluding hydrogens is 416 g/mol. The minimum Gasteiger partial charge on any atom is -0.351 e. The molecule has 0 aromatic heterocycles.